The van der Waals surface area contributed by atoms with Gasteiger partial charge in [-0.1, -0.05) is 18.2 Å². The number of carbonyl (C=O) groups is 3. The number of alkyl halides is 3. The van der Waals surface area contributed by atoms with Crippen LogP contribution >= 0.6 is 0 Å². The van der Waals surface area contributed by atoms with Crippen molar-refractivity contribution in [1.82, 2.24) is 20.4 Å². The minimum atomic E-state index is -4.56. The van der Waals surface area contributed by atoms with E-state index in [4.69, 9.17) is 0 Å². The van der Waals surface area contributed by atoms with E-state index in [1.54, 1.807) is 4.90 Å². The highest BCUT2D eigenvalue weighted by Crippen LogP contribution is 2.34. The van der Waals surface area contributed by atoms with Crippen LogP contribution in [-0.2, 0) is 15.8 Å². The molecule has 1 heterocycles. The fourth-order valence-electron chi connectivity index (χ4n) is 2.92. The number of amides is 4. The van der Waals surface area contributed by atoms with Crippen LogP contribution in [0.3, 0.4) is 0 Å². The van der Waals surface area contributed by atoms with Crippen LogP contribution < -0.4 is 16.0 Å². The van der Waals surface area contributed by atoms with Crippen LogP contribution in [0.5, 0.6) is 0 Å². The van der Waals surface area contributed by atoms with Crippen molar-refractivity contribution >= 4 is 23.5 Å². The number of hydrogen-bond donors (Lipinski definition) is 3. The summed E-state index contributed by atoms with van der Waals surface area (Å²) in [6.07, 6.45) is -3.07. The van der Waals surface area contributed by atoms with Gasteiger partial charge < -0.3 is 10.6 Å². The number of nitrogens with zero attached hydrogens (tertiary/aromatic N) is 2. The summed E-state index contributed by atoms with van der Waals surface area (Å²) in [5.41, 5.74) is -1.17. The van der Waals surface area contributed by atoms with E-state index in [1.807, 2.05) is 4.90 Å². The van der Waals surface area contributed by atoms with Gasteiger partial charge in [-0.2, -0.15) is 13.2 Å². The van der Waals surface area contributed by atoms with Crippen LogP contribution in [0.1, 0.15) is 5.56 Å². The van der Waals surface area contributed by atoms with Gasteiger partial charge in [0.05, 0.1) is 24.3 Å². The monoisotopic (exact) mass is 427 g/mol. The fourth-order valence-corrected chi connectivity index (χ4v) is 2.92. The Labute approximate surface area is 172 Å². The molecular formula is C19H24F3N5O3. The molecule has 1 fully saturated rings. The molecule has 11 heteroatoms. The molecule has 1 saturated heterocycles. The van der Waals surface area contributed by atoms with Gasteiger partial charge >= 0.3 is 12.2 Å². The number of urea groups is 1. The molecule has 30 heavy (non-hydrogen) atoms. The van der Waals surface area contributed by atoms with Gasteiger partial charge in [0.25, 0.3) is 0 Å². The Hall–Kier alpha value is -2.92. The smallest absolute Gasteiger partial charge is 0.334 e. The zero-order valence-corrected chi connectivity index (χ0v) is 16.3. The van der Waals surface area contributed by atoms with E-state index in [2.05, 4.69) is 22.5 Å². The Morgan fingerprint density at radius 3 is 2.13 bits per heavy atom. The van der Waals surface area contributed by atoms with Gasteiger partial charge in [0.2, 0.25) is 11.8 Å². The molecular weight excluding hydrogens is 403 g/mol. The van der Waals surface area contributed by atoms with E-state index in [-0.39, 0.29) is 25.3 Å². The van der Waals surface area contributed by atoms with Gasteiger partial charge in [0.15, 0.2) is 0 Å². The highest BCUT2D eigenvalue weighted by Gasteiger charge is 2.33. The second-order valence-electron chi connectivity index (χ2n) is 6.69. The summed E-state index contributed by atoms with van der Waals surface area (Å²) in [7, 11) is 0. The average Bonchev–Trinajstić information content (AvgIpc) is 2.67. The molecule has 0 aliphatic carbocycles. The maximum atomic E-state index is 13.0. The first-order chi connectivity index (χ1) is 14.2. The second-order valence-corrected chi connectivity index (χ2v) is 6.69. The molecule has 0 aromatic heterocycles. The minimum absolute atomic E-state index is 0.0283. The van der Waals surface area contributed by atoms with Gasteiger partial charge in [-0.25, -0.2) is 4.79 Å². The van der Waals surface area contributed by atoms with Crippen molar-refractivity contribution in [3.8, 4) is 0 Å². The van der Waals surface area contributed by atoms with Crippen LogP contribution in [0.15, 0.2) is 36.9 Å². The number of piperazine rings is 1. The van der Waals surface area contributed by atoms with Crippen LogP contribution in [-0.4, -0.2) is 73.5 Å². The maximum absolute atomic E-state index is 13.0. The SMILES string of the molecule is C=CCNC(=O)NC(=O)CN1CCN(CC(=O)Nc2ccccc2C(F)(F)F)CC1. The summed E-state index contributed by atoms with van der Waals surface area (Å²) in [4.78, 5) is 39.1. The number of carbonyl (C=O) groups excluding carboxylic acids is 3. The van der Waals surface area contributed by atoms with Crippen LogP contribution in [0.25, 0.3) is 0 Å². The van der Waals surface area contributed by atoms with E-state index in [0.717, 1.165) is 6.07 Å². The maximum Gasteiger partial charge on any atom is 0.418 e. The number of imide groups is 1. The number of anilines is 1. The molecule has 0 unspecified atom stereocenters. The van der Waals surface area contributed by atoms with Crippen molar-refractivity contribution in [1.29, 1.82) is 0 Å². The lowest BCUT2D eigenvalue weighted by atomic mass is 10.1. The molecule has 1 aromatic rings. The Morgan fingerprint density at radius 1 is 1.00 bits per heavy atom. The van der Waals surface area contributed by atoms with E-state index < -0.39 is 29.6 Å². The molecule has 2 rings (SSSR count). The molecule has 164 valence electrons. The van der Waals surface area contributed by atoms with Gasteiger partial charge in [0.1, 0.15) is 0 Å². The Bertz CT molecular complexity index is 777. The quantitative estimate of drug-likeness (QED) is 0.570. The predicted octanol–water partition coefficient (Wildman–Crippen LogP) is 1.27. The molecule has 0 atom stereocenters. The standard InChI is InChI=1S/C19H24F3N5O3/c1-2-7-23-18(30)25-17(29)13-27-10-8-26(9-11-27)12-16(28)24-15-6-4-3-5-14(15)19(20,21)22/h2-6H,1,7-13H2,(H,24,28)(H2,23,25,29,30). The van der Waals surface area contributed by atoms with Crippen molar-refractivity contribution in [2.75, 3.05) is 51.1 Å². The van der Waals surface area contributed by atoms with Crippen molar-refractivity contribution in [3.05, 3.63) is 42.5 Å². The molecule has 0 bridgehead atoms. The Kier molecular flexibility index (Phi) is 8.36. The molecule has 8 nitrogen and oxygen atoms in total. The third-order valence-electron chi connectivity index (χ3n) is 4.37. The average molecular weight is 427 g/mol. The summed E-state index contributed by atoms with van der Waals surface area (Å²) >= 11 is 0. The van der Waals surface area contributed by atoms with Crippen molar-refractivity contribution in [2.45, 2.75) is 6.18 Å². The third kappa shape index (κ3) is 7.48. The number of halogens is 3. The van der Waals surface area contributed by atoms with Crippen molar-refractivity contribution in [2.24, 2.45) is 0 Å². The fraction of sp³-hybridized carbons (Fsp3) is 0.421. The minimum Gasteiger partial charge on any atom is -0.334 e. The highest BCUT2D eigenvalue weighted by atomic mass is 19.4. The first kappa shape index (κ1) is 23.4. The zero-order valence-electron chi connectivity index (χ0n) is 16.3. The Balaban J connectivity index is 1.76. The van der Waals surface area contributed by atoms with Gasteiger partial charge in [0, 0.05) is 32.7 Å². The largest absolute Gasteiger partial charge is 0.418 e. The highest BCUT2D eigenvalue weighted by molar-refractivity contribution is 5.95. The van der Waals surface area contributed by atoms with E-state index >= 15 is 0 Å². The van der Waals surface area contributed by atoms with Gasteiger partial charge in [-0.05, 0) is 12.1 Å². The normalized spacial score (nSPS) is 15.3. The van der Waals surface area contributed by atoms with E-state index in [1.165, 1.54) is 24.3 Å². The molecule has 1 aromatic carbocycles. The number of nitrogens with one attached hydrogen (secondary N) is 3. The zero-order chi connectivity index (χ0) is 22.1. The summed E-state index contributed by atoms with van der Waals surface area (Å²) < 4.78 is 39.0. The molecule has 1 aliphatic heterocycles. The number of hydrogen-bond acceptors (Lipinski definition) is 5. The Morgan fingerprint density at radius 2 is 1.57 bits per heavy atom. The van der Waals surface area contributed by atoms with Crippen LogP contribution in [0.4, 0.5) is 23.7 Å². The molecule has 0 spiro atoms. The molecule has 4 amide bonds. The van der Waals surface area contributed by atoms with E-state index in [0.29, 0.717) is 26.2 Å². The predicted molar refractivity (Wildman–Crippen MR) is 105 cm³/mol. The summed E-state index contributed by atoms with van der Waals surface area (Å²) in [6.45, 7) is 5.55. The lowest BCUT2D eigenvalue weighted by molar-refractivity contribution is -0.137. The van der Waals surface area contributed by atoms with Crippen molar-refractivity contribution < 1.29 is 27.6 Å². The molecule has 3 N–H and O–H groups in total. The second kappa shape index (κ2) is 10.7. The summed E-state index contributed by atoms with van der Waals surface area (Å²) in [5.74, 6) is -0.997. The number of para-hydroxylation sites is 1. The first-order valence-electron chi connectivity index (χ1n) is 9.28. The van der Waals surface area contributed by atoms with Gasteiger partial charge in [-0.3, -0.25) is 24.7 Å². The summed E-state index contributed by atoms with van der Waals surface area (Å²) in [6, 6.07) is 4.21. The van der Waals surface area contributed by atoms with Crippen molar-refractivity contribution in [3.63, 3.8) is 0 Å². The van der Waals surface area contributed by atoms with Crippen LogP contribution in [0, 0.1) is 0 Å². The topological polar surface area (TPSA) is 93.8 Å². The molecule has 1 aliphatic rings. The lowest BCUT2D eigenvalue weighted by Crippen LogP contribution is -2.52. The lowest BCUT2D eigenvalue weighted by Gasteiger charge is -2.33. The molecule has 0 radical (unpaired) electrons. The third-order valence-corrected chi connectivity index (χ3v) is 4.37. The van der Waals surface area contributed by atoms with Gasteiger partial charge in [-0.15, -0.1) is 6.58 Å². The first-order valence-corrected chi connectivity index (χ1v) is 9.28. The summed E-state index contributed by atoms with van der Waals surface area (Å²) in [5, 5.41) is 6.95. The number of benzene rings is 1. The van der Waals surface area contributed by atoms with Crippen LogP contribution in [0.2, 0.25) is 0 Å². The van der Waals surface area contributed by atoms with E-state index in [9.17, 15) is 27.6 Å². The molecule has 0 saturated carbocycles. The number of rotatable bonds is 7.